The van der Waals surface area contributed by atoms with Crippen LogP contribution in [0.2, 0.25) is 0 Å². The van der Waals surface area contributed by atoms with Gasteiger partial charge in [-0.15, -0.1) is 11.8 Å². The van der Waals surface area contributed by atoms with E-state index in [0.29, 0.717) is 0 Å². The molecule has 1 heterocycles. The maximum Gasteiger partial charge on any atom is 0.132 e. The zero-order chi connectivity index (χ0) is 14.3. The highest BCUT2D eigenvalue weighted by Gasteiger charge is 2.43. The number of aliphatic hydroxyl groups is 4. The van der Waals surface area contributed by atoms with E-state index in [-0.39, 0.29) is 6.61 Å². The smallest absolute Gasteiger partial charge is 0.132 e. The first kappa shape index (κ1) is 17.2. The maximum absolute atomic E-state index is 9.82. The van der Waals surface area contributed by atoms with Gasteiger partial charge in [0.15, 0.2) is 0 Å². The minimum absolute atomic E-state index is 0.363. The molecule has 1 saturated heterocycles. The lowest BCUT2D eigenvalue weighted by molar-refractivity contribution is -0.205. The number of unbranched alkanes of at least 4 members (excludes halogenated alkanes) is 4. The van der Waals surface area contributed by atoms with Gasteiger partial charge < -0.3 is 25.2 Å². The third-order valence-corrected chi connectivity index (χ3v) is 4.62. The second-order valence-corrected chi connectivity index (χ2v) is 6.19. The summed E-state index contributed by atoms with van der Waals surface area (Å²) >= 11 is 1.43. The molecule has 0 bridgehead atoms. The standard InChI is InChI=1S/C13H26O5S/c1-2-3-4-5-6-7-19-13-12(17)11(16)10(15)9(8-14)18-13/h9-17H,2-8H2,1H3/t9-,10+,11+,12+,13+/m0/s1. The van der Waals surface area contributed by atoms with Crippen LogP contribution in [0.4, 0.5) is 0 Å². The summed E-state index contributed by atoms with van der Waals surface area (Å²) in [6.07, 6.45) is 1.42. The van der Waals surface area contributed by atoms with Crippen molar-refractivity contribution in [3.63, 3.8) is 0 Å². The molecule has 0 aromatic rings. The summed E-state index contributed by atoms with van der Waals surface area (Å²) in [5.41, 5.74) is -0.582. The number of hydrogen-bond acceptors (Lipinski definition) is 6. The fourth-order valence-electron chi connectivity index (χ4n) is 2.11. The van der Waals surface area contributed by atoms with Gasteiger partial charge in [-0.25, -0.2) is 0 Å². The normalized spacial score (nSPS) is 35.5. The molecule has 0 amide bonds. The summed E-state index contributed by atoms with van der Waals surface area (Å²) in [7, 11) is 0. The Morgan fingerprint density at radius 2 is 1.63 bits per heavy atom. The van der Waals surface area contributed by atoms with Crippen molar-refractivity contribution in [3.8, 4) is 0 Å². The van der Waals surface area contributed by atoms with Crippen LogP contribution in [0.3, 0.4) is 0 Å². The number of ether oxygens (including phenoxy) is 1. The topological polar surface area (TPSA) is 90.2 Å². The summed E-state index contributed by atoms with van der Waals surface area (Å²) < 4.78 is 5.41. The molecule has 1 fully saturated rings. The molecule has 1 aliphatic heterocycles. The van der Waals surface area contributed by atoms with E-state index in [9.17, 15) is 15.3 Å². The largest absolute Gasteiger partial charge is 0.394 e. The molecule has 0 aromatic heterocycles. The van der Waals surface area contributed by atoms with Gasteiger partial charge in [-0.2, -0.15) is 0 Å². The molecule has 1 aliphatic rings. The lowest BCUT2D eigenvalue weighted by atomic mass is 10.0. The number of aliphatic hydroxyl groups excluding tert-OH is 4. The number of hydrogen-bond donors (Lipinski definition) is 4. The first-order valence-electron chi connectivity index (χ1n) is 7.04. The summed E-state index contributed by atoms with van der Waals surface area (Å²) in [4.78, 5) is 0. The molecule has 4 N–H and O–H groups in total. The molecule has 0 spiro atoms. The van der Waals surface area contributed by atoms with Gasteiger partial charge >= 0.3 is 0 Å². The fraction of sp³-hybridized carbons (Fsp3) is 1.00. The lowest BCUT2D eigenvalue weighted by Crippen LogP contribution is -2.57. The highest BCUT2D eigenvalue weighted by molar-refractivity contribution is 7.99. The zero-order valence-corrected chi connectivity index (χ0v) is 12.3. The Kier molecular flexibility index (Phi) is 8.29. The molecule has 6 heteroatoms. The van der Waals surface area contributed by atoms with Crippen molar-refractivity contribution >= 4 is 11.8 Å². The first-order valence-corrected chi connectivity index (χ1v) is 8.08. The molecule has 0 aromatic carbocycles. The van der Waals surface area contributed by atoms with Crippen molar-refractivity contribution < 1.29 is 25.2 Å². The number of thioether (sulfide) groups is 1. The Morgan fingerprint density at radius 1 is 0.947 bits per heavy atom. The summed E-state index contributed by atoms with van der Waals surface area (Å²) in [6, 6.07) is 0. The molecule has 5 nitrogen and oxygen atoms in total. The fourth-order valence-corrected chi connectivity index (χ4v) is 3.29. The molecule has 5 atom stereocenters. The predicted molar refractivity (Wildman–Crippen MR) is 75.0 cm³/mol. The van der Waals surface area contributed by atoms with Crippen LogP contribution in [-0.4, -0.2) is 62.6 Å². The third kappa shape index (κ3) is 5.21. The van der Waals surface area contributed by atoms with E-state index in [1.807, 2.05) is 0 Å². The van der Waals surface area contributed by atoms with E-state index in [0.717, 1.165) is 18.6 Å². The van der Waals surface area contributed by atoms with Gasteiger partial charge in [0.05, 0.1) is 6.61 Å². The molecule has 1 rings (SSSR count). The average molecular weight is 294 g/mol. The zero-order valence-electron chi connectivity index (χ0n) is 11.4. The molecule has 19 heavy (non-hydrogen) atoms. The van der Waals surface area contributed by atoms with Gasteiger partial charge in [-0.1, -0.05) is 32.6 Å². The summed E-state index contributed by atoms with van der Waals surface area (Å²) in [5.74, 6) is 0.840. The third-order valence-electron chi connectivity index (χ3n) is 3.38. The van der Waals surface area contributed by atoms with Gasteiger partial charge in [-0.05, 0) is 12.2 Å². The van der Waals surface area contributed by atoms with Crippen LogP contribution >= 0.6 is 11.8 Å². The Hall–Kier alpha value is 0.150. The van der Waals surface area contributed by atoms with Gasteiger partial charge in [0.2, 0.25) is 0 Å². The minimum atomic E-state index is -1.26. The summed E-state index contributed by atoms with van der Waals surface area (Å²) in [6.45, 7) is 1.81. The Balaban J connectivity index is 2.28. The maximum atomic E-state index is 9.82. The van der Waals surface area contributed by atoms with Crippen LogP contribution in [-0.2, 0) is 4.74 Å². The second-order valence-electron chi connectivity index (χ2n) is 4.98. The van der Waals surface area contributed by atoms with E-state index in [1.54, 1.807) is 0 Å². The van der Waals surface area contributed by atoms with Crippen molar-refractivity contribution in [2.45, 2.75) is 68.9 Å². The van der Waals surface area contributed by atoms with Crippen molar-refractivity contribution in [3.05, 3.63) is 0 Å². The quantitative estimate of drug-likeness (QED) is 0.487. The van der Waals surface area contributed by atoms with Crippen LogP contribution in [0, 0.1) is 0 Å². The minimum Gasteiger partial charge on any atom is -0.394 e. The molecule has 0 saturated carbocycles. The SMILES string of the molecule is CCCCCCCS[C@H]1O[C@@H](CO)[C@@H](O)[C@@H](O)[C@H]1O. The van der Waals surface area contributed by atoms with Crippen molar-refractivity contribution in [1.29, 1.82) is 0 Å². The van der Waals surface area contributed by atoms with Crippen molar-refractivity contribution in [2.75, 3.05) is 12.4 Å². The molecular weight excluding hydrogens is 268 g/mol. The van der Waals surface area contributed by atoms with E-state index in [2.05, 4.69) is 6.92 Å². The van der Waals surface area contributed by atoms with Gasteiger partial charge in [0.25, 0.3) is 0 Å². The van der Waals surface area contributed by atoms with E-state index >= 15 is 0 Å². The molecule has 0 radical (unpaired) electrons. The van der Waals surface area contributed by atoms with E-state index in [4.69, 9.17) is 9.84 Å². The monoisotopic (exact) mass is 294 g/mol. The Bertz CT molecular complexity index is 239. The molecule has 0 aliphatic carbocycles. The van der Waals surface area contributed by atoms with Gasteiger partial charge in [0.1, 0.15) is 29.9 Å². The highest BCUT2D eigenvalue weighted by Crippen LogP contribution is 2.29. The average Bonchev–Trinajstić information content (AvgIpc) is 2.42. The first-order chi connectivity index (χ1) is 9.11. The van der Waals surface area contributed by atoms with E-state index < -0.39 is 29.9 Å². The van der Waals surface area contributed by atoms with Crippen LogP contribution in [0.1, 0.15) is 39.0 Å². The van der Waals surface area contributed by atoms with Crippen LogP contribution in [0.5, 0.6) is 0 Å². The highest BCUT2D eigenvalue weighted by atomic mass is 32.2. The Morgan fingerprint density at radius 3 is 2.26 bits per heavy atom. The van der Waals surface area contributed by atoms with Crippen molar-refractivity contribution in [2.24, 2.45) is 0 Å². The lowest BCUT2D eigenvalue weighted by Gasteiger charge is -2.39. The molecule has 114 valence electrons. The number of rotatable bonds is 8. The van der Waals surface area contributed by atoms with Gasteiger partial charge in [0, 0.05) is 0 Å². The van der Waals surface area contributed by atoms with Crippen LogP contribution in [0.25, 0.3) is 0 Å². The van der Waals surface area contributed by atoms with Gasteiger partial charge in [-0.3, -0.25) is 0 Å². The summed E-state index contributed by atoms with van der Waals surface area (Å²) in [5, 5.41) is 38.2. The van der Waals surface area contributed by atoms with Crippen LogP contribution < -0.4 is 0 Å². The van der Waals surface area contributed by atoms with Crippen molar-refractivity contribution in [1.82, 2.24) is 0 Å². The predicted octanol–water partition coefficient (Wildman–Crippen LogP) is 0.490. The molecular formula is C13H26O5S. The van der Waals surface area contributed by atoms with E-state index in [1.165, 1.54) is 31.0 Å². The van der Waals surface area contributed by atoms with Crippen LogP contribution in [0.15, 0.2) is 0 Å². The Labute approximate surface area is 119 Å². The second kappa shape index (κ2) is 9.15. The molecule has 0 unspecified atom stereocenters.